The van der Waals surface area contributed by atoms with Crippen LogP contribution in [0.1, 0.15) is 38.8 Å². The third-order valence-corrected chi connectivity index (χ3v) is 5.19. The minimum Gasteiger partial charge on any atom is -1.00 e. The molecule has 0 radical (unpaired) electrons. The first-order chi connectivity index (χ1) is 15.4. The fraction of sp³-hybridized carbons (Fsp3) is 0.115. The average molecular weight is 659 g/mol. The maximum Gasteiger partial charge on any atom is 2.00 e. The number of aryl methyl sites for hydroxylation is 2. The predicted molar refractivity (Wildman–Crippen MR) is 140 cm³/mol. The second kappa shape index (κ2) is 17.9. The van der Waals surface area contributed by atoms with Crippen LogP contribution in [0.5, 0.6) is 0 Å². The number of nitrogens with zero attached hydrogens (tertiary/aromatic N) is 2. The minimum absolute atomic E-state index is 0. The number of aliphatic hydroxyl groups excluding tert-OH is 1. The van der Waals surface area contributed by atoms with Crippen molar-refractivity contribution in [2.75, 3.05) is 0 Å². The summed E-state index contributed by atoms with van der Waals surface area (Å²) in [4.78, 5) is 18.1. The maximum atomic E-state index is 10.2. The molecule has 0 aliphatic rings. The Morgan fingerprint density at radius 2 is 1.56 bits per heavy atom. The summed E-state index contributed by atoms with van der Waals surface area (Å²) in [5, 5.41) is 10.2. The molecule has 0 amide bonds. The molecule has 1 N–H and O–H groups in total. The second-order valence-corrected chi connectivity index (χ2v) is 8.60. The quantitative estimate of drug-likeness (QED) is 0.209. The Labute approximate surface area is 244 Å². The van der Waals surface area contributed by atoms with Crippen LogP contribution in [0.15, 0.2) is 94.1 Å². The van der Waals surface area contributed by atoms with Gasteiger partial charge < -0.3 is 27.1 Å². The van der Waals surface area contributed by atoms with Gasteiger partial charge in [-0.3, -0.25) is 9.78 Å². The van der Waals surface area contributed by atoms with Crippen LogP contribution >= 0.6 is 31.9 Å². The van der Waals surface area contributed by atoms with Gasteiger partial charge in [0.25, 0.3) is 0 Å². The third kappa shape index (κ3) is 11.8. The van der Waals surface area contributed by atoms with Crippen LogP contribution in [0.25, 0.3) is 0 Å². The summed E-state index contributed by atoms with van der Waals surface area (Å²) >= 11 is 6.63. The van der Waals surface area contributed by atoms with Crippen molar-refractivity contribution in [2.24, 2.45) is 0 Å². The number of hydrogen-bond donors (Lipinski definition) is 1. The molecule has 0 fully saturated rings. The van der Waals surface area contributed by atoms with Crippen LogP contribution in [-0.2, 0) is 0 Å². The summed E-state index contributed by atoms with van der Waals surface area (Å²) in [6.07, 6.45) is 6.35. The SMILES string of the molecule is Cc1[c-]nccc1.Cc1cccnc1C(O)c1cccc(Br)c1.O=Cc1cccc(Br)c1.[Br-].[Mg+2]. The zero-order valence-corrected chi connectivity index (χ0v) is 25.0. The van der Waals surface area contributed by atoms with Crippen molar-refractivity contribution < 1.29 is 26.9 Å². The minimum atomic E-state index is -0.668. The topological polar surface area (TPSA) is 63.1 Å². The summed E-state index contributed by atoms with van der Waals surface area (Å²) in [6.45, 7) is 3.91. The molecule has 172 valence electrons. The number of aromatic nitrogens is 2. The zero-order chi connectivity index (χ0) is 23.3. The molecule has 4 rings (SSSR count). The number of aliphatic hydroxyl groups is 1. The van der Waals surface area contributed by atoms with E-state index in [-0.39, 0.29) is 40.0 Å². The molecular formula is C26H23Br3MgN2O2. The first kappa shape index (κ1) is 32.6. The van der Waals surface area contributed by atoms with Crippen molar-refractivity contribution in [3.05, 3.63) is 128 Å². The van der Waals surface area contributed by atoms with E-state index >= 15 is 0 Å². The van der Waals surface area contributed by atoms with Crippen LogP contribution in [0, 0.1) is 20.0 Å². The number of pyridine rings is 2. The van der Waals surface area contributed by atoms with Crippen molar-refractivity contribution >= 4 is 61.2 Å². The Bertz CT molecular complexity index is 1130. The number of benzene rings is 2. The van der Waals surface area contributed by atoms with E-state index in [4.69, 9.17) is 0 Å². The van der Waals surface area contributed by atoms with Gasteiger partial charge in [0.2, 0.25) is 0 Å². The maximum absolute atomic E-state index is 10.2. The molecule has 4 aromatic rings. The number of hydrogen-bond acceptors (Lipinski definition) is 4. The Morgan fingerprint density at radius 1 is 0.912 bits per heavy atom. The smallest absolute Gasteiger partial charge is 1.00 e. The molecule has 4 nitrogen and oxygen atoms in total. The van der Waals surface area contributed by atoms with Crippen LogP contribution in [-0.4, -0.2) is 44.4 Å². The van der Waals surface area contributed by atoms with Gasteiger partial charge in [-0.1, -0.05) is 81.5 Å². The average Bonchev–Trinajstić information content (AvgIpc) is 2.80. The summed E-state index contributed by atoms with van der Waals surface area (Å²) in [5.74, 6) is 0. The van der Waals surface area contributed by atoms with Gasteiger partial charge in [-0.25, -0.2) is 0 Å². The fourth-order valence-corrected chi connectivity index (χ4v) is 3.44. The predicted octanol–water partition coefficient (Wildman–Crippen LogP) is 3.31. The second-order valence-electron chi connectivity index (χ2n) is 6.77. The molecule has 0 aliphatic carbocycles. The molecular weight excluding hydrogens is 636 g/mol. The molecule has 0 aliphatic heterocycles. The van der Waals surface area contributed by atoms with E-state index in [2.05, 4.69) is 48.0 Å². The zero-order valence-electron chi connectivity index (χ0n) is 18.8. The summed E-state index contributed by atoms with van der Waals surface area (Å²) in [5.41, 5.74) is 4.33. The van der Waals surface area contributed by atoms with E-state index in [9.17, 15) is 9.90 Å². The van der Waals surface area contributed by atoms with Crippen LogP contribution in [0.2, 0.25) is 0 Å². The number of rotatable bonds is 3. The summed E-state index contributed by atoms with van der Waals surface area (Å²) < 4.78 is 1.89. The third-order valence-electron chi connectivity index (χ3n) is 4.21. The molecule has 1 atom stereocenters. The number of carbonyl (C=O) groups excluding carboxylic acids is 1. The molecule has 34 heavy (non-hydrogen) atoms. The van der Waals surface area contributed by atoms with E-state index in [1.54, 1.807) is 24.5 Å². The number of halogens is 3. The Hall–Kier alpha value is -1.42. The monoisotopic (exact) mass is 656 g/mol. The largest absolute Gasteiger partial charge is 2.00 e. The van der Waals surface area contributed by atoms with E-state index in [0.29, 0.717) is 11.3 Å². The first-order valence-corrected chi connectivity index (χ1v) is 11.3. The molecule has 2 aromatic carbocycles. The molecule has 1 unspecified atom stereocenters. The van der Waals surface area contributed by atoms with Gasteiger partial charge in [0, 0.05) is 20.7 Å². The van der Waals surface area contributed by atoms with Gasteiger partial charge in [0.1, 0.15) is 12.4 Å². The van der Waals surface area contributed by atoms with Gasteiger partial charge in [0.05, 0.1) is 5.69 Å². The van der Waals surface area contributed by atoms with Gasteiger partial charge >= 0.3 is 23.1 Å². The molecule has 0 saturated heterocycles. The molecule has 0 bridgehead atoms. The van der Waals surface area contributed by atoms with E-state index in [1.165, 1.54) is 0 Å². The van der Waals surface area contributed by atoms with Crippen molar-refractivity contribution in [3.63, 3.8) is 0 Å². The Kier molecular flexibility index (Phi) is 17.2. The van der Waals surface area contributed by atoms with Gasteiger partial charge in [0.15, 0.2) is 0 Å². The summed E-state index contributed by atoms with van der Waals surface area (Å²) in [7, 11) is 0. The first-order valence-electron chi connectivity index (χ1n) is 9.75. The standard InChI is InChI=1S/C13H12BrNO.C7H5BrO.C6H6N.BrH.Mg/c1-9-4-3-7-15-12(9)13(16)10-5-2-6-11(14)8-10;8-7-3-1-2-6(4-7)5-9;1-6-3-2-4-7-5-6;;/h2-8,13,16H,1H3;1-5H;2-4H,1H3;1H;/q;;-1;;+2/p-1. The fourth-order valence-electron chi connectivity index (χ4n) is 2.61. The Balaban J connectivity index is 0.000000516. The van der Waals surface area contributed by atoms with E-state index < -0.39 is 6.10 Å². The van der Waals surface area contributed by atoms with Crippen LogP contribution in [0.3, 0.4) is 0 Å². The van der Waals surface area contributed by atoms with Crippen molar-refractivity contribution in [1.82, 2.24) is 9.97 Å². The van der Waals surface area contributed by atoms with Crippen LogP contribution < -0.4 is 17.0 Å². The molecule has 0 saturated carbocycles. The van der Waals surface area contributed by atoms with Crippen molar-refractivity contribution in [3.8, 4) is 0 Å². The summed E-state index contributed by atoms with van der Waals surface area (Å²) in [6, 6.07) is 22.5. The van der Waals surface area contributed by atoms with Gasteiger partial charge in [-0.05, 0) is 48.4 Å². The normalized spacial score (nSPS) is 10.0. The molecule has 0 spiro atoms. The van der Waals surface area contributed by atoms with Crippen molar-refractivity contribution in [2.45, 2.75) is 20.0 Å². The van der Waals surface area contributed by atoms with Crippen molar-refractivity contribution in [1.29, 1.82) is 0 Å². The molecule has 2 heterocycles. The number of carbonyl (C=O) groups is 1. The molecule has 2 aromatic heterocycles. The molecule has 8 heteroatoms. The van der Waals surface area contributed by atoms with E-state index in [1.807, 2.05) is 74.5 Å². The van der Waals surface area contributed by atoms with Gasteiger partial charge in [-0.2, -0.15) is 12.1 Å². The van der Waals surface area contributed by atoms with E-state index in [0.717, 1.165) is 31.9 Å². The van der Waals surface area contributed by atoms with Gasteiger partial charge in [-0.15, -0.1) is 5.56 Å². The number of aldehydes is 1. The Morgan fingerprint density at radius 3 is 2.03 bits per heavy atom. The van der Waals surface area contributed by atoms with Crippen LogP contribution in [0.4, 0.5) is 0 Å².